The molecule has 0 saturated carbocycles. The highest BCUT2D eigenvalue weighted by molar-refractivity contribution is 7.80. The first-order valence-electron chi connectivity index (χ1n) is 12.0. The maximum Gasteiger partial charge on any atom is 0.258 e. The molecule has 1 aliphatic rings. The number of aromatic nitrogens is 2. The van der Waals surface area contributed by atoms with Crippen molar-refractivity contribution >= 4 is 22.9 Å². The fourth-order valence-electron chi connectivity index (χ4n) is 4.42. The molecule has 1 N–H and O–H groups in total. The van der Waals surface area contributed by atoms with Gasteiger partial charge < -0.3 is 19.5 Å². The zero-order valence-corrected chi connectivity index (χ0v) is 21.4. The average molecular weight is 497 g/mol. The van der Waals surface area contributed by atoms with Crippen LogP contribution in [0.25, 0.3) is 17.0 Å². The van der Waals surface area contributed by atoms with Gasteiger partial charge in [0.05, 0.1) is 18.2 Å². The van der Waals surface area contributed by atoms with Crippen molar-refractivity contribution in [2.75, 3.05) is 6.61 Å². The highest BCUT2D eigenvalue weighted by atomic mass is 32.1. The second-order valence-electron chi connectivity index (χ2n) is 8.75. The molecule has 182 valence electrons. The summed E-state index contributed by atoms with van der Waals surface area (Å²) in [4.78, 5) is 6.89. The van der Waals surface area contributed by atoms with Crippen LogP contribution in [0.15, 0.2) is 89.1 Å². The zero-order chi connectivity index (χ0) is 25.1. The topological polar surface area (TPSA) is 63.4 Å². The lowest BCUT2D eigenvalue weighted by atomic mass is 9.94. The van der Waals surface area contributed by atoms with E-state index in [1.54, 1.807) is 0 Å². The number of benzene rings is 3. The summed E-state index contributed by atoms with van der Waals surface area (Å²) in [6.07, 6.45) is 0. The molecule has 0 spiro atoms. The van der Waals surface area contributed by atoms with E-state index in [2.05, 4.69) is 52.6 Å². The molecule has 0 fully saturated rings. The first-order chi connectivity index (χ1) is 17.5. The van der Waals surface area contributed by atoms with Crippen LogP contribution in [0.5, 0.6) is 5.75 Å². The molecule has 36 heavy (non-hydrogen) atoms. The van der Waals surface area contributed by atoms with E-state index in [1.807, 2.05) is 62.4 Å². The van der Waals surface area contributed by atoms with E-state index in [-0.39, 0.29) is 6.04 Å². The molecule has 7 heteroatoms. The summed E-state index contributed by atoms with van der Waals surface area (Å²) in [5.41, 5.74) is 6.14. The van der Waals surface area contributed by atoms with E-state index in [9.17, 15) is 0 Å². The zero-order valence-electron chi connectivity index (χ0n) is 20.6. The first-order valence-corrected chi connectivity index (χ1v) is 12.4. The minimum atomic E-state index is -0.207. The monoisotopic (exact) mass is 496 g/mol. The first kappa shape index (κ1) is 23.8. The minimum Gasteiger partial charge on any atom is -0.494 e. The molecule has 0 radical (unpaired) electrons. The number of allylic oxidation sites excluding steroid dienone is 1. The summed E-state index contributed by atoms with van der Waals surface area (Å²) >= 11 is 5.84. The third kappa shape index (κ3) is 4.88. The fourth-order valence-corrected chi connectivity index (χ4v) is 4.74. The van der Waals surface area contributed by atoms with Gasteiger partial charge in [0.25, 0.3) is 5.89 Å². The summed E-state index contributed by atoms with van der Waals surface area (Å²) in [5.74, 6) is 1.89. The summed E-state index contributed by atoms with van der Waals surface area (Å²) in [6.45, 7) is 7.33. The molecular formula is C29H28N4O2S. The van der Waals surface area contributed by atoms with Crippen LogP contribution in [0.1, 0.15) is 42.5 Å². The number of hydrogen-bond acceptors (Lipinski definition) is 5. The van der Waals surface area contributed by atoms with Crippen molar-refractivity contribution in [3.63, 3.8) is 0 Å². The molecule has 2 heterocycles. The molecule has 4 aromatic rings. The summed E-state index contributed by atoms with van der Waals surface area (Å²) in [7, 11) is 0. The number of thiocarbonyl (C=S) groups is 1. The molecule has 0 saturated heterocycles. The third-order valence-corrected chi connectivity index (χ3v) is 6.58. The standard InChI is InChI=1S/C29H28N4O2S/c1-4-34-24-15-13-21(14-16-24)18-33-20(3)25(26(30-29(33)36)22-10-6-5-7-11-22)28-31-27(32-35-28)23-12-8-9-19(2)17-23/h5-17,26H,4,18H2,1-3H3,(H,30,36). The van der Waals surface area contributed by atoms with Gasteiger partial charge in [0.15, 0.2) is 5.11 Å². The Balaban J connectivity index is 1.54. The van der Waals surface area contributed by atoms with Crippen molar-refractivity contribution in [1.29, 1.82) is 0 Å². The lowest BCUT2D eigenvalue weighted by Gasteiger charge is -2.37. The lowest BCUT2D eigenvalue weighted by Crippen LogP contribution is -2.45. The van der Waals surface area contributed by atoms with Crippen molar-refractivity contribution < 1.29 is 9.26 Å². The van der Waals surface area contributed by atoms with Crippen LogP contribution in [-0.2, 0) is 6.54 Å². The molecule has 5 rings (SSSR count). The molecule has 1 aromatic heterocycles. The van der Waals surface area contributed by atoms with Gasteiger partial charge in [-0.05, 0) is 62.3 Å². The van der Waals surface area contributed by atoms with Gasteiger partial charge in [-0.3, -0.25) is 0 Å². The largest absolute Gasteiger partial charge is 0.494 e. The van der Waals surface area contributed by atoms with Gasteiger partial charge >= 0.3 is 0 Å². The Morgan fingerprint density at radius 1 is 1.00 bits per heavy atom. The minimum absolute atomic E-state index is 0.207. The highest BCUT2D eigenvalue weighted by Crippen LogP contribution is 2.38. The number of ether oxygens (including phenoxy) is 1. The Hall–Kier alpha value is -3.97. The fraction of sp³-hybridized carbons (Fsp3) is 0.207. The van der Waals surface area contributed by atoms with Crippen LogP contribution in [0, 0.1) is 6.92 Å². The number of nitrogens with one attached hydrogen (secondary N) is 1. The van der Waals surface area contributed by atoms with Gasteiger partial charge in [-0.2, -0.15) is 4.98 Å². The quantitative estimate of drug-likeness (QED) is 0.301. The second-order valence-corrected chi connectivity index (χ2v) is 9.13. The molecule has 1 aliphatic heterocycles. The average Bonchev–Trinajstić information content (AvgIpc) is 3.38. The van der Waals surface area contributed by atoms with Crippen LogP contribution >= 0.6 is 12.2 Å². The van der Waals surface area contributed by atoms with Gasteiger partial charge in [-0.15, -0.1) is 0 Å². The van der Waals surface area contributed by atoms with Gasteiger partial charge in [0.2, 0.25) is 5.82 Å². The highest BCUT2D eigenvalue weighted by Gasteiger charge is 2.34. The Bertz CT molecular complexity index is 1400. The van der Waals surface area contributed by atoms with Gasteiger partial charge in [-0.25, -0.2) is 0 Å². The maximum atomic E-state index is 5.85. The number of hydrogen-bond donors (Lipinski definition) is 1. The lowest BCUT2D eigenvalue weighted by molar-refractivity contribution is 0.340. The molecule has 1 unspecified atom stereocenters. The van der Waals surface area contributed by atoms with Crippen molar-refractivity contribution in [2.24, 2.45) is 0 Å². The summed E-state index contributed by atoms with van der Waals surface area (Å²) < 4.78 is 11.4. The van der Waals surface area contributed by atoms with Crippen molar-refractivity contribution in [2.45, 2.75) is 33.4 Å². The smallest absolute Gasteiger partial charge is 0.258 e. The maximum absolute atomic E-state index is 5.85. The normalized spacial score (nSPS) is 15.7. The molecular weight excluding hydrogens is 468 g/mol. The molecule has 1 atom stereocenters. The van der Waals surface area contributed by atoms with Gasteiger partial charge in [-0.1, -0.05) is 71.4 Å². The van der Waals surface area contributed by atoms with E-state index >= 15 is 0 Å². The number of nitrogens with zero attached hydrogens (tertiary/aromatic N) is 3. The van der Waals surface area contributed by atoms with E-state index in [1.165, 1.54) is 0 Å². The Kier molecular flexibility index (Phi) is 6.82. The van der Waals surface area contributed by atoms with Crippen molar-refractivity contribution in [1.82, 2.24) is 20.4 Å². The molecule has 6 nitrogen and oxygen atoms in total. The number of rotatable bonds is 7. The Morgan fingerprint density at radius 2 is 1.78 bits per heavy atom. The van der Waals surface area contributed by atoms with E-state index < -0.39 is 0 Å². The predicted molar refractivity (Wildman–Crippen MR) is 145 cm³/mol. The van der Waals surface area contributed by atoms with E-state index in [4.69, 9.17) is 26.5 Å². The Morgan fingerprint density at radius 3 is 2.50 bits per heavy atom. The van der Waals surface area contributed by atoms with Crippen LogP contribution in [0.2, 0.25) is 0 Å². The van der Waals surface area contributed by atoms with Gasteiger partial charge in [0.1, 0.15) is 5.75 Å². The van der Waals surface area contributed by atoms with Gasteiger partial charge in [0, 0.05) is 17.8 Å². The summed E-state index contributed by atoms with van der Waals surface area (Å²) in [6, 6.07) is 26.2. The van der Waals surface area contributed by atoms with E-state index in [0.717, 1.165) is 39.3 Å². The molecule has 3 aromatic carbocycles. The number of aryl methyl sites for hydroxylation is 1. The SMILES string of the molecule is CCOc1ccc(CN2C(=S)NC(c3ccccc3)C(c3nc(-c4cccc(C)c4)no3)=C2C)cc1. The van der Waals surface area contributed by atoms with Crippen LogP contribution in [-0.4, -0.2) is 26.8 Å². The third-order valence-electron chi connectivity index (χ3n) is 6.24. The molecule has 0 aliphatic carbocycles. The van der Waals surface area contributed by atoms with Crippen LogP contribution in [0.3, 0.4) is 0 Å². The Labute approximate surface area is 216 Å². The molecule has 0 amide bonds. The predicted octanol–water partition coefficient (Wildman–Crippen LogP) is 6.31. The van der Waals surface area contributed by atoms with Crippen LogP contribution < -0.4 is 10.1 Å². The van der Waals surface area contributed by atoms with Crippen LogP contribution in [0.4, 0.5) is 0 Å². The summed E-state index contributed by atoms with van der Waals surface area (Å²) in [5, 5.41) is 8.48. The molecule has 0 bridgehead atoms. The van der Waals surface area contributed by atoms with Crippen molar-refractivity contribution in [3.8, 4) is 17.1 Å². The van der Waals surface area contributed by atoms with Crippen molar-refractivity contribution in [3.05, 3.63) is 107 Å². The second kappa shape index (κ2) is 10.3. The van der Waals surface area contributed by atoms with E-state index in [0.29, 0.717) is 30.0 Å².